The average molecular weight is 296 g/mol. The van der Waals surface area contributed by atoms with Crippen molar-refractivity contribution in [2.24, 2.45) is 0 Å². The Labute approximate surface area is 121 Å². The summed E-state index contributed by atoms with van der Waals surface area (Å²) in [6.07, 6.45) is -0.135. The number of rotatable bonds is 2. The van der Waals surface area contributed by atoms with Gasteiger partial charge in [-0.05, 0) is 32.0 Å². The number of carbonyl (C=O) groups is 2. The molecule has 114 valence electrons. The fourth-order valence-electron chi connectivity index (χ4n) is 2.31. The zero-order valence-electron chi connectivity index (χ0n) is 11.8. The molecule has 2 amide bonds. The highest BCUT2D eigenvalue weighted by Gasteiger charge is 2.26. The summed E-state index contributed by atoms with van der Waals surface area (Å²) in [5, 5.41) is 11.4. The van der Waals surface area contributed by atoms with Crippen LogP contribution in [0.25, 0.3) is 0 Å². The van der Waals surface area contributed by atoms with Crippen molar-refractivity contribution in [1.29, 1.82) is 0 Å². The lowest BCUT2D eigenvalue weighted by atomic mass is 10.2. The number of morpholine rings is 1. The Balaban J connectivity index is 2.09. The topological polar surface area (TPSA) is 78.9 Å². The molecule has 0 unspecified atom stereocenters. The molecular formula is C14H17FN2O4. The van der Waals surface area contributed by atoms with Crippen LogP contribution < -0.4 is 5.32 Å². The third-order valence-corrected chi connectivity index (χ3v) is 3.15. The molecule has 6 nitrogen and oxygen atoms in total. The van der Waals surface area contributed by atoms with Gasteiger partial charge in [-0.1, -0.05) is 0 Å². The monoisotopic (exact) mass is 296 g/mol. The Hall–Kier alpha value is -2.15. The van der Waals surface area contributed by atoms with Crippen LogP contribution in [0.2, 0.25) is 0 Å². The van der Waals surface area contributed by atoms with E-state index in [1.54, 1.807) is 4.90 Å². The van der Waals surface area contributed by atoms with Gasteiger partial charge in [0.15, 0.2) is 0 Å². The maximum atomic E-state index is 13.3. The Kier molecular flexibility index (Phi) is 4.42. The molecule has 0 saturated carbocycles. The standard InChI is InChI=1S/C14H17FN2O4/c1-8-6-17(7-9(2)21-8)14(20)16-10-3-4-12(15)11(5-10)13(18)19/h3-5,8-9H,6-7H2,1-2H3,(H,16,20)(H,18,19)/t8-,9+. The van der Waals surface area contributed by atoms with E-state index in [0.29, 0.717) is 13.1 Å². The summed E-state index contributed by atoms with van der Waals surface area (Å²) in [6, 6.07) is 3.08. The second kappa shape index (κ2) is 6.09. The van der Waals surface area contributed by atoms with Crippen molar-refractivity contribution < 1.29 is 23.8 Å². The van der Waals surface area contributed by atoms with Crippen molar-refractivity contribution in [3.05, 3.63) is 29.6 Å². The van der Waals surface area contributed by atoms with Crippen molar-refractivity contribution >= 4 is 17.7 Å². The van der Waals surface area contributed by atoms with Crippen molar-refractivity contribution in [1.82, 2.24) is 4.90 Å². The first-order chi connectivity index (χ1) is 9.86. The highest BCUT2D eigenvalue weighted by Crippen LogP contribution is 2.17. The van der Waals surface area contributed by atoms with E-state index in [4.69, 9.17) is 9.84 Å². The number of nitrogens with zero attached hydrogens (tertiary/aromatic N) is 1. The number of benzene rings is 1. The largest absolute Gasteiger partial charge is 0.478 e. The smallest absolute Gasteiger partial charge is 0.338 e. The van der Waals surface area contributed by atoms with Crippen LogP contribution in [0.5, 0.6) is 0 Å². The van der Waals surface area contributed by atoms with E-state index in [1.165, 1.54) is 6.07 Å². The van der Waals surface area contributed by atoms with Crippen LogP contribution in [-0.4, -0.2) is 47.3 Å². The van der Waals surface area contributed by atoms with E-state index in [-0.39, 0.29) is 23.9 Å². The summed E-state index contributed by atoms with van der Waals surface area (Å²) in [5.41, 5.74) is -0.234. The second-order valence-electron chi connectivity index (χ2n) is 5.09. The van der Waals surface area contributed by atoms with Gasteiger partial charge in [0.2, 0.25) is 0 Å². The summed E-state index contributed by atoms with van der Waals surface area (Å²) < 4.78 is 18.8. The molecule has 21 heavy (non-hydrogen) atoms. The van der Waals surface area contributed by atoms with E-state index in [9.17, 15) is 14.0 Å². The molecule has 1 saturated heterocycles. The Morgan fingerprint density at radius 2 is 1.95 bits per heavy atom. The van der Waals surface area contributed by atoms with E-state index in [2.05, 4.69) is 5.32 Å². The van der Waals surface area contributed by atoms with Crippen molar-refractivity contribution in [3.8, 4) is 0 Å². The lowest BCUT2D eigenvalue weighted by molar-refractivity contribution is -0.0530. The number of hydrogen-bond donors (Lipinski definition) is 2. The molecule has 2 rings (SSSR count). The van der Waals surface area contributed by atoms with Crippen LogP contribution in [0.15, 0.2) is 18.2 Å². The third-order valence-electron chi connectivity index (χ3n) is 3.15. The second-order valence-corrected chi connectivity index (χ2v) is 5.09. The molecule has 0 aliphatic carbocycles. The van der Waals surface area contributed by atoms with Gasteiger partial charge >= 0.3 is 12.0 Å². The molecule has 2 N–H and O–H groups in total. The molecule has 1 aliphatic rings. The van der Waals surface area contributed by atoms with Gasteiger partial charge in [-0.3, -0.25) is 0 Å². The number of nitrogens with one attached hydrogen (secondary N) is 1. The molecule has 1 fully saturated rings. The number of ether oxygens (including phenoxy) is 1. The molecule has 0 spiro atoms. The highest BCUT2D eigenvalue weighted by atomic mass is 19.1. The van der Waals surface area contributed by atoms with Gasteiger partial charge in [0.05, 0.1) is 17.8 Å². The number of urea groups is 1. The number of carbonyl (C=O) groups excluding carboxylic acids is 1. The number of anilines is 1. The molecule has 0 aromatic heterocycles. The van der Waals surface area contributed by atoms with Crippen LogP contribution >= 0.6 is 0 Å². The summed E-state index contributed by atoms with van der Waals surface area (Å²) >= 11 is 0. The molecule has 0 bridgehead atoms. The van der Waals surface area contributed by atoms with E-state index >= 15 is 0 Å². The lowest BCUT2D eigenvalue weighted by Crippen LogP contribution is -2.49. The first kappa shape index (κ1) is 15.2. The van der Waals surface area contributed by atoms with Crippen molar-refractivity contribution in [2.75, 3.05) is 18.4 Å². The minimum absolute atomic E-state index is 0.0673. The quantitative estimate of drug-likeness (QED) is 0.876. The molecule has 1 aromatic rings. The fraction of sp³-hybridized carbons (Fsp3) is 0.429. The SMILES string of the molecule is C[C@@H]1CN(C(=O)Nc2ccc(F)c(C(=O)O)c2)C[C@H](C)O1. The zero-order chi connectivity index (χ0) is 15.6. The molecule has 2 atom stereocenters. The molecule has 1 heterocycles. The minimum Gasteiger partial charge on any atom is -0.478 e. The predicted octanol–water partition coefficient (Wildman–Crippen LogP) is 2.17. The van der Waals surface area contributed by atoms with Crippen LogP contribution in [0, 0.1) is 5.82 Å². The van der Waals surface area contributed by atoms with Gasteiger partial charge in [-0.15, -0.1) is 0 Å². The van der Waals surface area contributed by atoms with Crippen molar-refractivity contribution in [2.45, 2.75) is 26.1 Å². The van der Waals surface area contributed by atoms with E-state index < -0.39 is 17.3 Å². The molecule has 1 aliphatic heterocycles. The maximum absolute atomic E-state index is 13.3. The normalized spacial score (nSPS) is 22.0. The summed E-state index contributed by atoms with van der Waals surface area (Å²) in [7, 11) is 0. The van der Waals surface area contributed by atoms with Crippen LogP contribution in [0.4, 0.5) is 14.9 Å². The van der Waals surface area contributed by atoms with Gasteiger partial charge in [0.25, 0.3) is 0 Å². The number of halogens is 1. The predicted molar refractivity (Wildman–Crippen MR) is 74.0 cm³/mol. The lowest BCUT2D eigenvalue weighted by Gasteiger charge is -2.35. The Morgan fingerprint density at radius 1 is 1.33 bits per heavy atom. The van der Waals surface area contributed by atoms with Gasteiger partial charge in [0, 0.05) is 18.8 Å². The number of hydrogen-bond acceptors (Lipinski definition) is 3. The van der Waals surface area contributed by atoms with Gasteiger partial charge in [0.1, 0.15) is 5.82 Å². The van der Waals surface area contributed by atoms with E-state index in [0.717, 1.165) is 12.1 Å². The molecule has 0 radical (unpaired) electrons. The molecule has 1 aromatic carbocycles. The average Bonchev–Trinajstić information content (AvgIpc) is 2.39. The number of carboxylic acid groups (broad SMARTS) is 1. The highest BCUT2D eigenvalue weighted by molar-refractivity contribution is 5.93. The molecular weight excluding hydrogens is 279 g/mol. The maximum Gasteiger partial charge on any atom is 0.338 e. The molecule has 7 heteroatoms. The fourth-order valence-corrected chi connectivity index (χ4v) is 2.31. The van der Waals surface area contributed by atoms with E-state index in [1.807, 2.05) is 13.8 Å². The number of carboxylic acids is 1. The first-order valence-corrected chi connectivity index (χ1v) is 6.61. The van der Waals surface area contributed by atoms with Gasteiger partial charge < -0.3 is 20.1 Å². The van der Waals surface area contributed by atoms with Crippen molar-refractivity contribution in [3.63, 3.8) is 0 Å². The number of aromatic carboxylic acids is 1. The Morgan fingerprint density at radius 3 is 2.52 bits per heavy atom. The zero-order valence-corrected chi connectivity index (χ0v) is 11.8. The Bertz CT molecular complexity index is 554. The summed E-state index contributed by atoms with van der Waals surface area (Å²) in [6.45, 7) is 4.64. The first-order valence-electron chi connectivity index (χ1n) is 6.61. The van der Waals surface area contributed by atoms with Crippen LogP contribution in [0.1, 0.15) is 24.2 Å². The van der Waals surface area contributed by atoms with Crippen LogP contribution in [-0.2, 0) is 4.74 Å². The summed E-state index contributed by atoms with van der Waals surface area (Å²) in [4.78, 5) is 24.6. The summed E-state index contributed by atoms with van der Waals surface area (Å²) in [5.74, 6) is -2.22. The van der Waals surface area contributed by atoms with Crippen LogP contribution in [0.3, 0.4) is 0 Å². The third kappa shape index (κ3) is 3.69. The minimum atomic E-state index is -1.38. The van der Waals surface area contributed by atoms with Gasteiger partial charge in [-0.2, -0.15) is 0 Å². The number of amides is 2. The van der Waals surface area contributed by atoms with Gasteiger partial charge in [-0.25, -0.2) is 14.0 Å².